The van der Waals surface area contributed by atoms with E-state index in [0.29, 0.717) is 24.4 Å². The van der Waals surface area contributed by atoms with Crippen molar-refractivity contribution in [1.29, 1.82) is 0 Å². The Morgan fingerprint density at radius 1 is 1.30 bits per heavy atom. The van der Waals surface area contributed by atoms with Crippen LogP contribution >= 0.6 is 0 Å². The first-order valence-electron chi connectivity index (χ1n) is 7.41. The third-order valence-electron chi connectivity index (χ3n) is 3.60. The number of ether oxygens (including phenoxy) is 1. The topological polar surface area (TPSA) is 85.8 Å². The van der Waals surface area contributed by atoms with Crippen molar-refractivity contribution in [1.82, 2.24) is 4.90 Å². The van der Waals surface area contributed by atoms with Crippen LogP contribution in [0.3, 0.4) is 0 Å². The number of hydrogen-bond donors (Lipinski definition) is 1. The number of amides is 1. The highest BCUT2D eigenvalue weighted by molar-refractivity contribution is 5.79. The number of carbonyl (C=O) groups is 1. The van der Waals surface area contributed by atoms with E-state index in [1.165, 1.54) is 6.07 Å². The van der Waals surface area contributed by atoms with E-state index in [0.717, 1.165) is 5.39 Å². The van der Waals surface area contributed by atoms with Gasteiger partial charge in [-0.2, -0.15) is 0 Å². The van der Waals surface area contributed by atoms with Crippen molar-refractivity contribution in [2.24, 2.45) is 11.1 Å². The van der Waals surface area contributed by atoms with Gasteiger partial charge in [-0.05, 0) is 30.2 Å². The highest BCUT2D eigenvalue weighted by atomic mass is 16.5. The molecule has 0 saturated carbocycles. The number of nitrogens with zero attached hydrogens (tertiary/aromatic N) is 1. The lowest BCUT2D eigenvalue weighted by molar-refractivity contribution is -0.133. The van der Waals surface area contributed by atoms with E-state index in [2.05, 4.69) is 0 Å². The van der Waals surface area contributed by atoms with Crippen LogP contribution in [0.1, 0.15) is 13.8 Å². The Kier molecular flexibility index (Phi) is 5.05. The maximum Gasteiger partial charge on any atom is 0.336 e. The molecule has 0 aliphatic carbocycles. The summed E-state index contributed by atoms with van der Waals surface area (Å²) in [5.41, 5.74) is 5.55. The average molecular weight is 318 g/mol. The van der Waals surface area contributed by atoms with Crippen molar-refractivity contribution < 1.29 is 13.9 Å². The molecule has 1 aromatic carbocycles. The van der Waals surface area contributed by atoms with Gasteiger partial charge in [0.1, 0.15) is 11.3 Å². The van der Waals surface area contributed by atoms with Crippen molar-refractivity contribution in [3.8, 4) is 5.75 Å². The summed E-state index contributed by atoms with van der Waals surface area (Å²) in [7, 11) is 1.72. The summed E-state index contributed by atoms with van der Waals surface area (Å²) >= 11 is 0. The molecule has 1 heterocycles. The molecule has 1 amide bonds. The zero-order chi connectivity index (χ0) is 17.0. The molecule has 0 unspecified atom stereocenters. The lowest BCUT2D eigenvalue weighted by Crippen LogP contribution is -2.41. The molecule has 23 heavy (non-hydrogen) atoms. The van der Waals surface area contributed by atoms with E-state index in [4.69, 9.17) is 14.9 Å². The zero-order valence-corrected chi connectivity index (χ0v) is 13.7. The summed E-state index contributed by atoms with van der Waals surface area (Å²) in [5.74, 6) is 0.341. The molecule has 1 aromatic heterocycles. The van der Waals surface area contributed by atoms with Crippen LogP contribution in [0.5, 0.6) is 5.75 Å². The largest absolute Gasteiger partial charge is 0.484 e. The van der Waals surface area contributed by atoms with Gasteiger partial charge in [-0.25, -0.2) is 4.79 Å². The standard InChI is InChI=1S/C17H22N2O4/c1-17(2,10-18)11-19(3)15(20)9-22-13-6-4-12-5-7-16(21)23-14(12)8-13/h4-8H,9-11,18H2,1-3H3. The van der Waals surface area contributed by atoms with E-state index < -0.39 is 5.63 Å². The summed E-state index contributed by atoms with van der Waals surface area (Å²) in [6.45, 7) is 4.97. The summed E-state index contributed by atoms with van der Waals surface area (Å²) < 4.78 is 10.6. The minimum absolute atomic E-state index is 0.0836. The molecule has 124 valence electrons. The quantitative estimate of drug-likeness (QED) is 0.818. The van der Waals surface area contributed by atoms with Gasteiger partial charge in [0.25, 0.3) is 5.91 Å². The zero-order valence-electron chi connectivity index (χ0n) is 13.7. The lowest BCUT2D eigenvalue weighted by atomic mass is 9.93. The van der Waals surface area contributed by atoms with Crippen LogP contribution in [0.2, 0.25) is 0 Å². The SMILES string of the molecule is CN(CC(C)(C)CN)C(=O)COc1ccc2ccc(=O)oc2c1. The van der Waals surface area contributed by atoms with Crippen LogP contribution in [0, 0.1) is 5.41 Å². The molecule has 2 N–H and O–H groups in total. The molecule has 0 aliphatic heterocycles. The van der Waals surface area contributed by atoms with Crippen LogP contribution in [0.4, 0.5) is 0 Å². The van der Waals surface area contributed by atoms with Crippen molar-refractivity contribution in [2.45, 2.75) is 13.8 Å². The third-order valence-corrected chi connectivity index (χ3v) is 3.60. The Labute approximate surface area is 134 Å². The number of fused-ring (bicyclic) bond motifs is 1. The second kappa shape index (κ2) is 6.83. The molecule has 0 fully saturated rings. The van der Waals surface area contributed by atoms with E-state index in [-0.39, 0.29) is 17.9 Å². The molecule has 2 aromatic rings. The summed E-state index contributed by atoms with van der Waals surface area (Å²) in [4.78, 5) is 25.0. The third kappa shape index (κ3) is 4.56. The molecule has 6 nitrogen and oxygen atoms in total. The highest BCUT2D eigenvalue weighted by Crippen LogP contribution is 2.19. The normalized spacial score (nSPS) is 11.5. The van der Waals surface area contributed by atoms with Crippen molar-refractivity contribution in [3.63, 3.8) is 0 Å². The van der Waals surface area contributed by atoms with Crippen LogP contribution in [-0.4, -0.2) is 37.6 Å². The van der Waals surface area contributed by atoms with Gasteiger partial charge in [0.05, 0.1) is 0 Å². The van der Waals surface area contributed by atoms with Gasteiger partial charge in [-0.15, -0.1) is 0 Å². The Balaban J connectivity index is 2.00. The van der Waals surface area contributed by atoms with Crippen molar-refractivity contribution in [2.75, 3.05) is 26.7 Å². The summed E-state index contributed by atoms with van der Waals surface area (Å²) in [6, 6.07) is 8.16. The molecule has 0 aliphatic rings. The number of rotatable bonds is 6. The molecule has 0 bridgehead atoms. The molecule has 0 saturated heterocycles. The van der Waals surface area contributed by atoms with Gasteiger partial charge in [0.2, 0.25) is 0 Å². The fourth-order valence-electron chi connectivity index (χ4n) is 2.18. The molecule has 0 spiro atoms. The predicted molar refractivity (Wildman–Crippen MR) is 88.5 cm³/mol. The average Bonchev–Trinajstić information content (AvgIpc) is 2.51. The van der Waals surface area contributed by atoms with Gasteiger partial charge in [-0.1, -0.05) is 13.8 Å². The predicted octanol–water partition coefficient (Wildman–Crippen LogP) is 1.62. The minimum Gasteiger partial charge on any atom is -0.484 e. The first-order valence-corrected chi connectivity index (χ1v) is 7.41. The van der Waals surface area contributed by atoms with Crippen LogP contribution < -0.4 is 16.1 Å². The Morgan fingerprint density at radius 3 is 2.70 bits per heavy atom. The van der Waals surface area contributed by atoms with Gasteiger partial charge in [-0.3, -0.25) is 4.79 Å². The second-order valence-corrected chi connectivity index (χ2v) is 6.36. The molecule has 6 heteroatoms. The molecule has 2 rings (SSSR count). The molecular weight excluding hydrogens is 296 g/mol. The van der Waals surface area contributed by atoms with Gasteiger partial charge < -0.3 is 19.8 Å². The number of carbonyl (C=O) groups excluding carboxylic acids is 1. The Morgan fingerprint density at radius 2 is 2.00 bits per heavy atom. The lowest BCUT2D eigenvalue weighted by Gasteiger charge is -2.29. The number of benzene rings is 1. The van der Waals surface area contributed by atoms with Crippen molar-refractivity contribution >= 4 is 16.9 Å². The number of hydrogen-bond acceptors (Lipinski definition) is 5. The Hall–Kier alpha value is -2.34. The van der Waals surface area contributed by atoms with E-state index in [9.17, 15) is 9.59 Å². The first kappa shape index (κ1) is 17.0. The van der Waals surface area contributed by atoms with E-state index in [1.807, 2.05) is 13.8 Å². The van der Waals surface area contributed by atoms with Crippen LogP contribution in [-0.2, 0) is 4.79 Å². The molecule has 0 radical (unpaired) electrons. The first-order chi connectivity index (χ1) is 10.8. The van der Waals surface area contributed by atoms with E-state index >= 15 is 0 Å². The number of likely N-dealkylation sites (N-methyl/N-ethyl adjacent to an activating group) is 1. The van der Waals surface area contributed by atoms with E-state index in [1.54, 1.807) is 36.2 Å². The Bertz CT molecular complexity index is 752. The van der Waals surface area contributed by atoms with Crippen LogP contribution in [0.25, 0.3) is 11.0 Å². The summed E-state index contributed by atoms with van der Waals surface area (Å²) in [6.07, 6.45) is 0. The fourth-order valence-corrected chi connectivity index (χ4v) is 2.18. The van der Waals surface area contributed by atoms with Gasteiger partial charge in [0, 0.05) is 31.1 Å². The monoisotopic (exact) mass is 318 g/mol. The second-order valence-electron chi connectivity index (χ2n) is 6.36. The maximum absolute atomic E-state index is 12.1. The minimum atomic E-state index is -0.422. The van der Waals surface area contributed by atoms with Gasteiger partial charge >= 0.3 is 5.63 Å². The fraction of sp³-hybridized carbons (Fsp3) is 0.412. The number of nitrogens with two attached hydrogens (primary N) is 1. The molecule has 0 atom stereocenters. The smallest absolute Gasteiger partial charge is 0.336 e. The molecular formula is C17H22N2O4. The summed E-state index contributed by atoms with van der Waals surface area (Å²) in [5, 5.41) is 0.796. The van der Waals surface area contributed by atoms with Crippen LogP contribution in [0.15, 0.2) is 39.5 Å². The highest BCUT2D eigenvalue weighted by Gasteiger charge is 2.21. The van der Waals surface area contributed by atoms with Gasteiger partial charge in [0.15, 0.2) is 6.61 Å². The maximum atomic E-state index is 12.1. The van der Waals surface area contributed by atoms with Crippen molar-refractivity contribution in [3.05, 3.63) is 40.8 Å².